The summed E-state index contributed by atoms with van der Waals surface area (Å²) in [5, 5.41) is 5.99. The lowest BCUT2D eigenvalue weighted by Crippen LogP contribution is -2.35. The summed E-state index contributed by atoms with van der Waals surface area (Å²) in [7, 11) is 0. The van der Waals surface area contributed by atoms with E-state index in [0.29, 0.717) is 13.2 Å². The lowest BCUT2D eigenvalue weighted by Gasteiger charge is -2.23. The van der Waals surface area contributed by atoms with Crippen LogP contribution in [0.3, 0.4) is 0 Å². The fourth-order valence-electron chi connectivity index (χ4n) is 2.82. The average Bonchev–Trinajstić information content (AvgIpc) is 3.41. The zero-order valence-corrected chi connectivity index (χ0v) is 13.5. The normalized spacial score (nSPS) is 19.9. The molecule has 23 heavy (non-hydrogen) atoms. The number of hydrogen-bond donors (Lipinski definition) is 2. The monoisotopic (exact) mass is 316 g/mol. The first kappa shape index (κ1) is 16.0. The Balaban J connectivity index is 1.53. The van der Waals surface area contributed by atoms with Crippen molar-refractivity contribution in [2.75, 3.05) is 18.5 Å². The van der Waals surface area contributed by atoms with Crippen LogP contribution in [0.1, 0.15) is 44.2 Å². The van der Waals surface area contributed by atoms with E-state index in [0.717, 1.165) is 36.9 Å². The minimum atomic E-state index is -0.0430. The standard InChI is InChI=1S/C18H24N2O3/c1-12(19-17(21)15-8-10-23-11-9-15)13-4-6-16(7-5-13)20-18(22)14-2-3-14/h4-7,12,14-15H,2-3,8-11H2,1H3,(H,19,21)(H,20,22). The van der Waals surface area contributed by atoms with Crippen LogP contribution in [-0.2, 0) is 14.3 Å². The minimum Gasteiger partial charge on any atom is -0.381 e. The SMILES string of the molecule is CC(NC(=O)C1CCOCC1)c1ccc(NC(=O)C2CC2)cc1. The number of anilines is 1. The van der Waals surface area contributed by atoms with E-state index >= 15 is 0 Å². The number of rotatable bonds is 5. The van der Waals surface area contributed by atoms with E-state index in [9.17, 15) is 9.59 Å². The van der Waals surface area contributed by atoms with Crippen LogP contribution in [0.4, 0.5) is 5.69 Å². The Morgan fingerprint density at radius 3 is 2.22 bits per heavy atom. The maximum absolute atomic E-state index is 12.3. The van der Waals surface area contributed by atoms with Crippen LogP contribution in [0.5, 0.6) is 0 Å². The molecule has 3 rings (SSSR count). The Morgan fingerprint density at radius 1 is 1.00 bits per heavy atom. The number of hydrogen-bond acceptors (Lipinski definition) is 3. The lowest BCUT2D eigenvalue weighted by atomic mass is 9.98. The Bertz CT molecular complexity index is 560. The third kappa shape index (κ3) is 4.32. The number of ether oxygens (including phenoxy) is 1. The molecule has 1 saturated carbocycles. The van der Waals surface area contributed by atoms with Crippen LogP contribution < -0.4 is 10.6 Å². The highest BCUT2D eigenvalue weighted by Gasteiger charge is 2.29. The fourth-order valence-corrected chi connectivity index (χ4v) is 2.82. The Hall–Kier alpha value is -1.88. The first-order valence-corrected chi connectivity index (χ1v) is 8.42. The van der Waals surface area contributed by atoms with E-state index in [1.807, 2.05) is 31.2 Å². The summed E-state index contributed by atoms with van der Waals surface area (Å²) in [6, 6.07) is 7.66. The van der Waals surface area contributed by atoms with E-state index in [4.69, 9.17) is 4.74 Å². The molecule has 2 amide bonds. The molecule has 1 aromatic carbocycles. The van der Waals surface area contributed by atoms with Crippen LogP contribution in [0.25, 0.3) is 0 Å². The number of amides is 2. The summed E-state index contributed by atoms with van der Waals surface area (Å²) in [5.74, 6) is 0.473. The molecule has 1 aliphatic carbocycles. The molecule has 0 radical (unpaired) electrons. The van der Waals surface area contributed by atoms with Crippen molar-refractivity contribution in [3.8, 4) is 0 Å². The van der Waals surface area contributed by atoms with Gasteiger partial charge >= 0.3 is 0 Å². The van der Waals surface area contributed by atoms with Crippen molar-refractivity contribution >= 4 is 17.5 Å². The highest BCUT2D eigenvalue weighted by molar-refractivity contribution is 5.94. The van der Waals surface area contributed by atoms with Crippen LogP contribution in [0.2, 0.25) is 0 Å². The molecular weight excluding hydrogens is 292 g/mol. The van der Waals surface area contributed by atoms with E-state index in [-0.39, 0.29) is 29.7 Å². The van der Waals surface area contributed by atoms with Gasteiger partial charge in [0.1, 0.15) is 0 Å². The zero-order valence-electron chi connectivity index (χ0n) is 13.5. The molecular formula is C18H24N2O3. The quantitative estimate of drug-likeness (QED) is 0.877. The average molecular weight is 316 g/mol. The van der Waals surface area contributed by atoms with E-state index in [2.05, 4.69) is 10.6 Å². The maximum Gasteiger partial charge on any atom is 0.227 e. The molecule has 1 heterocycles. The third-order valence-electron chi connectivity index (χ3n) is 4.58. The second-order valence-electron chi connectivity index (χ2n) is 6.50. The lowest BCUT2D eigenvalue weighted by molar-refractivity contribution is -0.128. The van der Waals surface area contributed by atoms with Crippen molar-refractivity contribution in [2.45, 2.75) is 38.6 Å². The molecule has 0 aromatic heterocycles. The molecule has 0 spiro atoms. The summed E-state index contributed by atoms with van der Waals surface area (Å²) < 4.78 is 5.29. The Morgan fingerprint density at radius 2 is 1.61 bits per heavy atom. The van der Waals surface area contributed by atoms with Gasteiger partial charge in [-0.15, -0.1) is 0 Å². The van der Waals surface area contributed by atoms with Crippen molar-refractivity contribution < 1.29 is 14.3 Å². The number of nitrogens with one attached hydrogen (secondary N) is 2. The number of benzene rings is 1. The molecule has 2 fully saturated rings. The summed E-state index contributed by atoms with van der Waals surface area (Å²) in [4.78, 5) is 24.0. The van der Waals surface area contributed by atoms with Crippen LogP contribution in [-0.4, -0.2) is 25.0 Å². The molecule has 2 aliphatic rings. The summed E-state index contributed by atoms with van der Waals surface area (Å²) in [6.45, 7) is 3.32. The fraction of sp³-hybridized carbons (Fsp3) is 0.556. The van der Waals surface area contributed by atoms with E-state index < -0.39 is 0 Å². The largest absolute Gasteiger partial charge is 0.381 e. The van der Waals surface area contributed by atoms with Crippen molar-refractivity contribution in [1.29, 1.82) is 0 Å². The van der Waals surface area contributed by atoms with Crippen LogP contribution in [0, 0.1) is 11.8 Å². The maximum atomic E-state index is 12.3. The molecule has 1 saturated heterocycles. The molecule has 1 atom stereocenters. The van der Waals surface area contributed by atoms with Crippen molar-refractivity contribution in [3.63, 3.8) is 0 Å². The van der Waals surface area contributed by atoms with Gasteiger partial charge < -0.3 is 15.4 Å². The summed E-state index contributed by atoms with van der Waals surface area (Å²) in [5.41, 5.74) is 1.85. The van der Waals surface area contributed by atoms with Crippen molar-refractivity contribution in [3.05, 3.63) is 29.8 Å². The smallest absolute Gasteiger partial charge is 0.227 e. The van der Waals surface area contributed by atoms with Crippen LogP contribution in [0.15, 0.2) is 24.3 Å². The predicted molar refractivity (Wildman–Crippen MR) is 87.9 cm³/mol. The van der Waals surface area contributed by atoms with Crippen molar-refractivity contribution in [2.24, 2.45) is 11.8 Å². The van der Waals surface area contributed by atoms with Gasteiger partial charge in [0, 0.05) is 30.7 Å². The molecule has 0 bridgehead atoms. The predicted octanol–water partition coefficient (Wildman–Crippen LogP) is 2.64. The number of carbonyl (C=O) groups is 2. The molecule has 2 N–H and O–H groups in total. The highest BCUT2D eigenvalue weighted by atomic mass is 16.5. The second-order valence-corrected chi connectivity index (χ2v) is 6.50. The van der Waals surface area contributed by atoms with Gasteiger partial charge in [-0.1, -0.05) is 12.1 Å². The first-order chi connectivity index (χ1) is 11.1. The topological polar surface area (TPSA) is 67.4 Å². The van der Waals surface area contributed by atoms with Gasteiger partial charge in [-0.2, -0.15) is 0 Å². The Kier molecular flexibility index (Phi) is 4.96. The zero-order chi connectivity index (χ0) is 16.2. The molecule has 1 unspecified atom stereocenters. The third-order valence-corrected chi connectivity index (χ3v) is 4.58. The second kappa shape index (κ2) is 7.13. The molecule has 124 valence electrons. The molecule has 5 heteroatoms. The van der Waals surface area contributed by atoms with Gasteiger partial charge in [-0.05, 0) is 50.3 Å². The van der Waals surface area contributed by atoms with E-state index in [1.54, 1.807) is 0 Å². The van der Waals surface area contributed by atoms with Gasteiger partial charge in [0.25, 0.3) is 0 Å². The van der Waals surface area contributed by atoms with Crippen LogP contribution >= 0.6 is 0 Å². The highest BCUT2D eigenvalue weighted by Crippen LogP contribution is 2.30. The van der Waals surface area contributed by atoms with Gasteiger partial charge in [-0.25, -0.2) is 0 Å². The summed E-state index contributed by atoms with van der Waals surface area (Å²) in [6.07, 6.45) is 3.59. The first-order valence-electron chi connectivity index (χ1n) is 8.42. The summed E-state index contributed by atoms with van der Waals surface area (Å²) >= 11 is 0. The molecule has 1 aromatic rings. The molecule has 5 nitrogen and oxygen atoms in total. The van der Waals surface area contributed by atoms with E-state index in [1.165, 1.54) is 0 Å². The van der Waals surface area contributed by atoms with Gasteiger partial charge in [0.2, 0.25) is 11.8 Å². The molecule has 1 aliphatic heterocycles. The van der Waals surface area contributed by atoms with Gasteiger partial charge in [-0.3, -0.25) is 9.59 Å². The number of carbonyl (C=O) groups excluding carboxylic acids is 2. The van der Waals surface area contributed by atoms with Crippen molar-refractivity contribution in [1.82, 2.24) is 5.32 Å². The Labute approximate surface area is 136 Å². The van der Waals surface area contributed by atoms with Gasteiger partial charge in [0.05, 0.1) is 6.04 Å². The van der Waals surface area contributed by atoms with Gasteiger partial charge in [0.15, 0.2) is 0 Å². The minimum absolute atomic E-state index is 0.0430.